The third kappa shape index (κ3) is 3.81. The quantitative estimate of drug-likeness (QED) is 0.761. The molecule has 0 unspecified atom stereocenters. The number of amides is 2. The van der Waals surface area contributed by atoms with Gasteiger partial charge < -0.3 is 4.74 Å². The Morgan fingerprint density at radius 3 is 2.41 bits per heavy atom. The van der Waals surface area contributed by atoms with Crippen molar-refractivity contribution in [1.82, 2.24) is 4.98 Å². The van der Waals surface area contributed by atoms with Crippen molar-refractivity contribution in [2.24, 2.45) is 0 Å². The molecule has 1 aliphatic rings. The molecule has 0 saturated carbocycles. The Hall–Kier alpha value is -2.46. The fourth-order valence-corrected chi connectivity index (χ4v) is 4.98. The molecular weight excluding hydrogens is 390 g/mol. The van der Waals surface area contributed by atoms with E-state index in [0.29, 0.717) is 6.42 Å². The van der Waals surface area contributed by atoms with Crippen LogP contribution in [0.2, 0.25) is 0 Å². The lowest BCUT2D eigenvalue weighted by atomic mass is 10.1. The van der Waals surface area contributed by atoms with Gasteiger partial charge in [0.05, 0.1) is 18.5 Å². The minimum Gasteiger partial charge on any atom is -0.495 e. The molecule has 1 aromatic carbocycles. The van der Waals surface area contributed by atoms with Gasteiger partial charge in [-0.2, -0.15) is 0 Å². The lowest BCUT2D eigenvalue weighted by molar-refractivity contribution is -0.129. The topological polar surface area (TPSA) is 106 Å². The van der Waals surface area contributed by atoms with Crippen LogP contribution < -0.4 is 14.4 Å². The number of sulfonamides is 1. The Morgan fingerprint density at radius 1 is 1.19 bits per heavy atom. The summed E-state index contributed by atoms with van der Waals surface area (Å²) in [5, 5.41) is 0.239. The number of thiazole rings is 1. The monoisotopic (exact) mass is 409 g/mol. The molecule has 1 aromatic heterocycles. The van der Waals surface area contributed by atoms with Gasteiger partial charge in [0.1, 0.15) is 10.6 Å². The molecule has 0 spiro atoms. The van der Waals surface area contributed by atoms with Gasteiger partial charge in [-0.1, -0.05) is 0 Å². The van der Waals surface area contributed by atoms with Gasteiger partial charge in [0, 0.05) is 17.7 Å². The number of carbonyl (C=O) groups excluding carboxylic acids is 2. The number of benzene rings is 1. The third-order valence-electron chi connectivity index (χ3n) is 4.23. The molecule has 0 bridgehead atoms. The number of piperidine rings is 1. The van der Waals surface area contributed by atoms with Crippen LogP contribution in [-0.4, -0.2) is 32.3 Å². The smallest absolute Gasteiger partial charge is 0.267 e. The Balaban J connectivity index is 2.02. The standard InChI is InChI=1S/C17H19N3O5S2/c1-10-11(2)26-17(18-10)19-27(23,24)14-9-12(7-8-13(14)25-3)20-15(21)5-4-6-16(20)22/h7-9H,4-6H2,1-3H3,(H,18,19). The molecule has 0 radical (unpaired) electrons. The van der Waals surface area contributed by atoms with E-state index in [4.69, 9.17) is 4.74 Å². The number of ether oxygens (including phenoxy) is 1. The van der Waals surface area contributed by atoms with Gasteiger partial charge in [-0.15, -0.1) is 11.3 Å². The van der Waals surface area contributed by atoms with Gasteiger partial charge in [-0.05, 0) is 38.5 Å². The molecule has 1 aliphatic heterocycles. The second kappa shape index (κ2) is 7.28. The van der Waals surface area contributed by atoms with Crippen molar-refractivity contribution in [2.75, 3.05) is 16.7 Å². The van der Waals surface area contributed by atoms with Crippen LogP contribution in [0.3, 0.4) is 0 Å². The highest BCUT2D eigenvalue weighted by molar-refractivity contribution is 7.93. The summed E-state index contributed by atoms with van der Waals surface area (Å²) in [6.07, 6.45) is 0.991. The molecule has 27 heavy (non-hydrogen) atoms. The first-order valence-electron chi connectivity index (χ1n) is 8.23. The summed E-state index contributed by atoms with van der Waals surface area (Å²) >= 11 is 1.22. The molecule has 2 heterocycles. The van der Waals surface area contributed by atoms with Gasteiger partial charge in [0.15, 0.2) is 5.13 Å². The molecule has 2 aromatic rings. The number of imide groups is 1. The van der Waals surface area contributed by atoms with E-state index in [1.165, 1.54) is 36.6 Å². The Kier molecular flexibility index (Phi) is 5.20. The largest absolute Gasteiger partial charge is 0.495 e. The van der Waals surface area contributed by atoms with Gasteiger partial charge in [0.25, 0.3) is 10.0 Å². The van der Waals surface area contributed by atoms with Crippen molar-refractivity contribution < 1.29 is 22.7 Å². The normalized spacial score (nSPS) is 15.1. The second-order valence-corrected chi connectivity index (χ2v) is 8.93. The van der Waals surface area contributed by atoms with E-state index in [-0.39, 0.29) is 46.1 Å². The fourth-order valence-electron chi connectivity index (χ4n) is 2.74. The Bertz CT molecular complexity index is 978. The number of nitrogens with zero attached hydrogens (tertiary/aromatic N) is 2. The average Bonchev–Trinajstić information content (AvgIpc) is 2.91. The van der Waals surface area contributed by atoms with Crippen molar-refractivity contribution in [1.29, 1.82) is 0 Å². The van der Waals surface area contributed by atoms with E-state index < -0.39 is 10.0 Å². The van der Waals surface area contributed by atoms with E-state index in [1.807, 2.05) is 6.92 Å². The predicted octanol–water partition coefficient (Wildman–Crippen LogP) is 2.61. The first-order valence-corrected chi connectivity index (χ1v) is 10.5. The SMILES string of the molecule is COc1ccc(N2C(=O)CCCC2=O)cc1S(=O)(=O)Nc1nc(C)c(C)s1. The number of hydrogen-bond donors (Lipinski definition) is 1. The van der Waals surface area contributed by atoms with Crippen LogP contribution in [0.25, 0.3) is 0 Å². The zero-order valence-corrected chi connectivity index (χ0v) is 16.7. The van der Waals surface area contributed by atoms with Crippen LogP contribution in [0, 0.1) is 13.8 Å². The van der Waals surface area contributed by atoms with Crippen molar-refractivity contribution in [2.45, 2.75) is 38.0 Å². The Labute approximate surface area is 161 Å². The average molecular weight is 409 g/mol. The van der Waals surface area contributed by atoms with Gasteiger partial charge >= 0.3 is 0 Å². The molecule has 2 amide bonds. The molecule has 144 valence electrons. The van der Waals surface area contributed by atoms with Crippen LogP contribution in [0.4, 0.5) is 10.8 Å². The summed E-state index contributed by atoms with van der Waals surface area (Å²) in [5.41, 5.74) is 0.945. The number of anilines is 2. The van der Waals surface area contributed by atoms with Crippen LogP contribution in [0.5, 0.6) is 5.75 Å². The maximum atomic E-state index is 12.9. The summed E-state index contributed by atoms with van der Waals surface area (Å²) in [4.78, 5) is 30.2. The maximum Gasteiger partial charge on any atom is 0.267 e. The highest BCUT2D eigenvalue weighted by Crippen LogP contribution is 2.33. The second-order valence-electron chi connectivity index (χ2n) is 6.08. The number of rotatable bonds is 5. The zero-order valence-electron chi connectivity index (χ0n) is 15.1. The lowest BCUT2D eigenvalue weighted by Gasteiger charge is -2.25. The maximum absolute atomic E-state index is 12.9. The van der Waals surface area contributed by atoms with Crippen LogP contribution in [0.15, 0.2) is 23.1 Å². The minimum atomic E-state index is -4.03. The van der Waals surface area contributed by atoms with Crippen LogP contribution in [0.1, 0.15) is 29.8 Å². The summed E-state index contributed by atoms with van der Waals surface area (Å²) in [6, 6.07) is 4.20. The molecule has 1 N–H and O–H groups in total. The number of aryl methyl sites for hydroxylation is 2. The number of methoxy groups -OCH3 is 1. The predicted molar refractivity (Wildman–Crippen MR) is 102 cm³/mol. The van der Waals surface area contributed by atoms with Crippen molar-refractivity contribution >= 4 is 44.0 Å². The molecular formula is C17H19N3O5S2. The molecule has 0 aliphatic carbocycles. The van der Waals surface area contributed by atoms with Gasteiger partial charge in [0.2, 0.25) is 11.8 Å². The highest BCUT2D eigenvalue weighted by atomic mass is 32.2. The van der Waals surface area contributed by atoms with Crippen molar-refractivity contribution in [3.05, 3.63) is 28.8 Å². The van der Waals surface area contributed by atoms with Crippen molar-refractivity contribution in [3.63, 3.8) is 0 Å². The first kappa shape index (κ1) is 19.3. The van der Waals surface area contributed by atoms with Gasteiger partial charge in [-0.25, -0.2) is 13.4 Å². The zero-order chi connectivity index (χ0) is 19.8. The van der Waals surface area contributed by atoms with Crippen LogP contribution in [-0.2, 0) is 19.6 Å². The van der Waals surface area contributed by atoms with E-state index in [9.17, 15) is 18.0 Å². The molecule has 0 atom stereocenters. The summed E-state index contributed by atoms with van der Waals surface area (Å²) in [6.45, 7) is 3.64. The van der Waals surface area contributed by atoms with E-state index in [1.54, 1.807) is 6.92 Å². The minimum absolute atomic E-state index is 0.105. The Morgan fingerprint density at radius 2 is 1.85 bits per heavy atom. The first-order chi connectivity index (χ1) is 12.7. The molecule has 3 rings (SSSR count). The third-order valence-corrected chi connectivity index (χ3v) is 6.70. The van der Waals surface area contributed by atoms with Crippen LogP contribution >= 0.6 is 11.3 Å². The number of nitrogens with one attached hydrogen (secondary N) is 1. The highest BCUT2D eigenvalue weighted by Gasteiger charge is 2.30. The van der Waals surface area contributed by atoms with Gasteiger partial charge in [-0.3, -0.25) is 19.2 Å². The van der Waals surface area contributed by atoms with E-state index in [2.05, 4.69) is 9.71 Å². The molecule has 8 nitrogen and oxygen atoms in total. The van der Waals surface area contributed by atoms with Crippen molar-refractivity contribution in [3.8, 4) is 5.75 Å². The molecule has 1 fully saturated rings. The summed E-state index contributed by atoms with van der Waals surface area (Å²) in [5.74, 6) is -0.592. The number of carbonyl (C=O) groups is 2. The summed E-state index contributed by atoms with van der Waals surface area (Å²) in [7, 11) is -2.68. The summed E-state index contributed by atoms with van der Waals surface area (Å²) < 4.78 is 33.4. The molecule has 1 saturated heterocycles. The molecule has 10 heteroatoms. The van der Waals surface area contributed by atoms with E-state index >= 15 is 0 Å². The number of aromatic nitrogens is 1. The lowest BCUT2D eigenvalue weighted by Crippen LogP contribution is -2.40. The fraction of sp³-hybridized carbons (Fsp3) is 0.353. The number of hydrogen-bond acceptors (Lipinski definition) is 7. The van der Waals surface area contributed by atoms with E-state index in [0.717, 1.165) is 15.5 Å².